The molecule has 0 aliphatic carbocycles. The van der Waals surface area contributed by atoms with Gasteiger partial charge in [0.2, 0.25) is 0 Å². The lowest BCUT2D eigenvalue weighted by Crippen LogP contribution is -1.95. The number of nitrogens with zero attached hydrogens (tertiary/aromatic N) is 2. The zero-order chi connectivity index (χ0) is 39.0. The van der Waals surface area contributed by atoms with E-state index in [0.29, 0.717) is 11.1 Å². The molecule has 0 bridgehead atoms. The predicted molar refractivity (Wildman–Crippen MR) is 206 cm³/mol. The molecular formula is C46H30N2O. The van der Waals surface area contributed by atoms with Gasteiger partial charge in [-0.3, -0.25) is 4.98 Å². The fourth-order valence-electron chi connectivity index (χ4n) is 6.69. The van der Waals surface area contributed by atoms with Crippen LogP contribution in [0, 0.1) is 0 Å². The number of rotatable bonds is 6. The highest BCUT2D eigenvalue weighted by atomic mass is 16.3. The SMILES string of the molecule is [2H]c1nc2c(c([2H])c1[2H])c([2H])c([2H])c1c([2H])c([2H])c(-c3ccc(-c4ccc(-c5ccc(-c6cc7ccccc7c7ccccc67)o5)cc4)c(C=C)c3C=C)nc12. The maximum Gasteiger partial charge on any atom is 0.135 e. The Morgan fingerprint density at radius 3 is 2.02 bits per heavy atom. The first-order chi connectivity index (χ1) is 27.1. The largest absolute Gasteiger partial charge is 0.456 e. The molecular weight excluding hydrogens is 597 g/mol. The quantitative estimate of drug-likeness (QED) is 0.171. The molecule has 9 rings (SSSR count). The van der Waals surface area contributed by atoms with Gasteiger partial charge in [0, 0.05) is 33.6 Å². The van der Waals surface area contributed by atoms with Gasteiger partial charge in [0.1, 0.15) is 11.5 Å². The van der Waals surface area contributed by atoms with Crippen molar-refractivity contribution in [1.29, 1.82) is 0 Å². The van der Waals surface area contributed by atoms with Gasteiger partial charge in [-0.05, 0) is 74.1 Å². The summed E-state index contributed by atoms with van der Waals surface area (Å²) in [6.07, 6.45) is 2.88. The Labute approximate surface area is 294 Å². The second-order valence-corrected chi connectivity index (χ2v) is 11.7. The summed E-state index contributed by atoms with van der Waals surface area (Å²) < 4.78 is 66.2. The Morgan fingerprint density at radius 2 is 1.20 bits per heavy atom. The summed E-state index contributed by atoms with van der Waals surface area (Å²) in [5, 5.41) is 4.47. The fourth-order valence-corrected chi connectivity index (χ4v) is 6.69. The Bertz CT molecular complexity index is 3150. The molecule has 0 spiro atoms. The van der Waals surface area contributed by atoms with Gasteiger partial charge in [0.15, 0.2) is 0 Å². The van der Waals surface area contributed by atoms with Crippen molar-refractivity contribution in [3.05, 3.63) is 170 Å². The van der Waals surface area contributed by atoms with Crippen LogP contribution in [-0.2, 0) is 0 Å². The Kier molecular flexibility index (Phi) is 5.22. The zero-order valence-electron chi connectivity index (χ0n) is 33.2. The van der Waals surface area contributed by atoms with Crippen molar-refractivity contribution >= 4 is 55.5 Å². The summed E-state index contributed by atoms with van der Waals surface area (Å²) in [5.74, 6) is 1.51. The van der Waals surface area contributed by atoms with Gasteiger partial charge in [-0.15, -0.1) is 0 Å². The van der Waals surface area contributed by atoms with E-state index in [1.54, 1.807) is 18.2 Å². The molecule has 0 unspecified atom stereocenters. The summed E-state index contributed by atoms with van der Waals surface area (Å²) in [4.78, 5) is 8.92. The van der Waals surface area contributed by atoms with E-state index in [1.807, 2.05) is 54.6 Å². The average molecular weight is 634 g/mol. The van der Waals surface area contributed by atoms with Gasteiger partial charge in [0.25, 0.3) is 0 Å². The monoisotopic (exact) mass is 633 g/mol. The van der Waals surface area contributed by atoms with E-state index in [0.717, 1.165) is 50.1 Å². The van der Waals surface area contributed by atoms with Crippen molar-refractivity contribution < 1.29 is 14.0 Å². The first kappa shape index (κ1) is 22.1. The van der Waals surface area contributed by atoms with Crippen LogP contribution in [-0.4, -0.2) is 9.97 Å². The standard InChI is InChI=1S/C46H30N2O/c1-3-34-35(4-2)40(42-24-21-32-20-19-31-11-9-27-47-45(31)46(32)48-42)23-22-37(34)29-15-17-30(18-16-29)43-25-26-44(49-43)41-28-33-10-5-6-12-36(33)38-13-7-8-14-39(38)41/h3-28H,1-2H2/i9D,11D,19D,20D,21D,24D,27D. The molecule has 0 aliphatic heterocycles. The molecule has 0 saturated heterocycles. The van der Waals surface area contributed by atoms with Gasteiger partial charge < -0.3 is 4.42 Å². The summed E-state index contributed by atoms with van der Waals surface area (Å²) >= 11 is 0. The fraction of sp³-hybridized carbons (Fsp3) is 0. The van der Waals surface area contributed by atoms with E-state index >= 15 is 0 Å². The van der Waals surface area contributed by atoms with Crippen molar-refractivity contribution in [2.24, 2.45) is 0 Å². The molecule has 0 aliphatic rings. The average Bonchev–Trinajstić information content (AvgIpc) is 3.72. The van der Waals surface area contributed by atoms with Crippen LogP contribution in [0.25, 0.3) is 101 Å². The van der Waals surface area contributed by atoms with Crippen LogP contribution in [0.15, 0.2) is 163 Å². The van der Waals surface area contributed by atoms with Crippen LogP contribution in [0.3, 0.4) is 0 Å². The minimum Gasteiger partial charge on any atom is -0.456 e. The van der Waals surface area contributed by atoms with Gasteiger partial charge in [-0.2, -0.15) is 0 Å². The van der Waals surface area contributed by atoms with Crippen molar-refractivity contribution in [3.8, 4) is 45.0 Å². The van der Waals surface area contributed by atoms with Gasteiger partial charge >= 0.3 is 0 Å². The molecule has 0 atom stereocenters. The first-order valence-electron chi connectivity index (χ1n) is 19.3. The molecule has 3 heteroatoms. The van der Waals surface area contributed by atoms with E-state index in [4.69, 9.17) is 19.0 Å². The highest BCUT2D eigenvalue weighted by Gasteiger charge is 2.16. The molecule has 6 aromatic carbocycles. The molecule has 0 N–H and O–H groups in total. The lowest BCUT2D eigenvalue weighted by molar-refractivity contribution is 0.598. The van der Waals surface area contributed by atoms with Gasteiger partial charge in [-0.1, -0.05) is 134 Å². The highest BCUT2D eigenvalue weighted by molar-refractivity contribution is 6.13. The number of hydrogen-bond acceptors (Lipinski definition) is 3. The molecule has 3 nitrogen and oxygen atoms in total. The molecule has 0 amide bonds. The Balaban J connectivity index is 1.12. The molecule has 49 heavy (non-hydrogen) atoms. The number of fused-ring (bicyclic) bond motifs is 6. The zero-order valence-corrected chi connectivity index (χ0v) is 26.2. The molecule has 3 heterocycles. The minimum absolute atomic E-state index is 0.0173. The van der Waals surface area contributed by atoms with Crippen molar-refractivity contribution in [1.82, 2.24) is 9.97 Å². The number of hydrogen-bond donors (Lipinski definition) is 0. The van der Waals surface area contributed by atoms with Crippen LogP contribution in [0.4, 0.5) is 0 Å². The molecule has 230 valence electrons. The third-order valence-electron chi connectivity index (χ3n) is 9.02. The van der Waals surface area contributed by atoms with Gasteiger partial charge in [0.05, 0.1) is 26.3 Å². The van der Waals surface area contributed by atoms with E-state index in [2.05, 4.69) is 60.6 Å². The topological polar surface area (TPSA) is 38.9 Å². The van der Waals surface area contributed by atoms with E-state index in [-0.39, 0.29) is 45.6 Å². The second kappa shape index (κ2) is 11.6. The number of pyridine rings is 2. The molecule has 9 aromatic rings. The minimum atomic E-state index is -0.479. The van der Waals surface area contributed by atoms with E-state index < -0.39 is 24.3 Å². The third kappa shape index (κ3) is 4.75. The highest BCUT2D eigenvalue weighted by Crippen LogP contribution is 2.39. The first-order valence-corrected chi connectivity index (χ1v) is 15.8. The Hall–Kier alpha value is -6.58. The van der Waals surface area contributed by atoms with Crippen molar-refractivity contribution in [2.75, 3.05) is 0 Å². The number of aromatic nitrogens is 2. The molecule has 3 aromatic heterocycles. The second-order valence-electron chi connectivity index (χ2n) is 11.7. The van der Waals surface area contributed by atoms with Gasteiger partial charge in [-0.25, -0.2) is 4.98 Å². The smallest absolute Gasteiger partial charge is 0.135 e. The summed E-state index contributed by atoms with van der Waals surface area (Å²) in [6.45, 7) is 8.16. The van der Waals surface area contributed by atoms with Crippen molar-refractivity contribution in [2.45, 2.75) is 0 Å². The van der Waals surface area contributed by atoms with E-state index in [1.165, 1.54) is 10.8 Å². The maximum atomic E-state index is 8.97. The van der Waals surface area contributed by atoms with Crippen LogP contribution in [0.5, 0.6) is 0 Å². The molecule has 0 radical (unpaired) electrons. The predicted octanol–water partition coefficient (Wildman–Crippen LogP) is 12.6. The van der Waals surface area contributed by atoms with Crippen LogP contribution in [0.2, 0.25) is 0 Å². The summed E-state index contributed by atoms with van der Waals surface area (Å²) in [6, 6.07) is 32.4. The Morgan fingerprint density at radius 1 is 0.551 bits per heavy atom. The third-order valence-corrected chi connectivity index (χ3v) is 9.02. The lowest BCUT2D eigenvalue weighted by atomic mass is 9.90. The molecule has 0 saturated carbocycles. The number of furan rings is 1. The summed E-state index contributed by atoms with van der Waals surface area (Å²) in [5.41, 5.74) is 5.63. The summed E-state index contributed by atoms with van der Waals surface area (Å²) in [7, 11) is 0. The van der Waals surface area contributed by atoms with Crippen molar-refractivity contribution in [3.63, 3.8) is 0 Å². The van der Waals surface area contributed by atoms with Crippen LogP contribution < -0.4 is 0 Å². The van der Waals surface area contributed by atoms with Crippen LogP contribution >= 0.6 is 0 Å². The maximum absolute atomic E-state index is 8.97. The molecule has 0 fully saturated rings. The lowest BCUT2D eigenvalue weighted by Gasteiger charge is -2.15. The van der Waals surface area contributed by atoms with E-state index in [9.17, 15) is 0 Å². The normalized spacial score (nSPS) is 13.4. The number of benzene rings is 6. The van der Waals surface area contributed by atoms with Crippen LogP contribution in [0.1, 0.15) is 20.7 Å².